The maximum Gasteiger partial charge on any atom is 0.264 e. The molecule has 0 saturated heterocycles. The summed E-state index contributed by atoms with van der Waals surface area (Å²) in [6.45, 7) is 5.13. The van der Waals surface area contributed by atoms with Crippen molar-refractivity contribution in [3.05, 3.63) is 120 Å². The first-order valence-corrected chi connectivity index (χ1v) is 16.5. The Labute approximate surface area is 271 Å². The molecule has 0 saturated carbocycles. The molecule has 4 aromatic carbocycles. The number of sulfonamides is 1. The summed E-state index contributed by atoms with van der Waals surface area (Å²) in [5.41, 5.74) is 2.76. The average Bonchev–Trinajstić information content (AvgIpc) is 3.06. The summed E-state index contributed by atoms with van der Waals surface area (Å²) in [7, 11) is -1.40. The van der Waals surface area contributed by atoms with Crippen LogP contribution in [0.1, 0.15) is 30.5 Å². The van der Waals surface area contributed by atoms with Gasteiger partial charge in [0, 0.05) is 25.1 Å². The van der Waals surface area contributed by atoms with E-state index in [4.69, 9.17) is 9.47 Å². The average molecular weight is 644 g/mol. The topological polar surface area (TPSA) is 105 Å². The molecule has 242 valence electrons. The van der Waals surface area contributed by atoms with Crippen LogP contribution < -0.4 is 19.1 Å². The van der Waals surface area contributed by atoms with Crippen molar-refractivity contribution in [1.29, 1.82) is 0 Å². The van der Waals surface area contributed by atoms with Crippen molar-refractivity contribution in [3.63, 3.8) is 0 Å². The molecule has 2 amide bonds. The van der Waals surface area contributed by atoms with Crippen molar-refractivity contribution in [1.82, 2.24) is 10.2 Å². The van der Waals surface area contributed by atoms with E-state index < -0.39 is 28.5 Å². The molecule has 0 bridgehead atoms. The minimum atomic E-state index is -4.30. The number of nitrogens with zero attached hydrogens (tertiary/aromatic N) is 2. The monoisotopic (exact) mass is 643 g/mol. The Morgan fingerprint density at radius 3 is 2.07 bits per heavy atom. The smallest absolute Gasteiger partial charge is 0.264 e. The summed E-state index contributed by atoms with van der Waals surface area (Å²) in [4.78, 5) is 30.0. The zero-order valence-corrected chi connectivity index (χ0v) is 27.7. The first-order valence-electron chi connectivity index (χ1n) is 15.0. The number of methoxy groups -OCH3 is 2. The minimum Gasteiger partial charge on any atom is -0.497 e. The number of amides is 2. The van der Waals surface area contributed by atoms with Crippen LogP contribution in [0.25, 0.3) is 0 Å². The van der Waals surface area contributed by atoms with Gasteiger partial charge in [-0.3, -0.25) is 13.9 Å². The number of aryl methyl sites for hydroxylation is 1. The van der Waals surface area contributed by atoms with Gasteiger partial charge in [-0.1, -0.05) is 72.8 Å². The maximum atomic E-state index is 14.7. The fraction of sp³-hybridized carbons (Fsp3) is 0.278. The van der Waals surface area contributed by atoms with Gasteiger partial charge in [0.25, 0.3) is 10.0 Å². The lowest BCUT2D eigenvalue weighted by Crippen LogP contribution is -2.54. The molecular weight excluding hydrogens is 602 g/mol. The first kappa shape index (κ1) is 34.1. The molecule has 1 atom stereocenters. The fourth-order valence-corrected chi connectivity index (χ4v) is 6.57. The number of benzene rings is 4. The molecule has 9 nitrogen and oxygen atoms in total. The third-order valence-electron chi connectivity index (χ3n) is 7.57. The number of anilines is 1. The molecule has 4 rings (SSSR count). The van der Waals surface area contributed by atoms with Crippen LogP contribution in [0.5, 0.6) is 11.5 Å². The summed E-state index contributed by atoms with van der Waals surface area (Å²) in [5.74, 6) is -0.284. The highest BCUT2D eigenvalue weighted by Gasteiger charge is 2.36. The van der Waals surface area contributed by atoms with E-state index in [1.807, 2.05) is 75.4 Å². The van der Waals surface area contributed by atoms with Gasteiger partial charge in [-0.05, 0) is 61.7 Å². The van der Waals surface area contributed by atoms with Gasteiger partial charge < -0.3 is 19.7 Å². The number of hydrogen-bond acceptors (Lipinski definition) is 6. The highest BCUT2D eigenvalue weighted by Crippen LogP contribution is 2.36. The Balaban J connectivity index is 1.87. The molecule has 0 radical (unpaired) electrons. The van der Waals surface area contributed by atoms with Crippen LogP contribution in [-0.2, 0) is 32.6 Å². The zero-order valence-electron chi connectivity index (χ0n) is 26.8. The van der Waals surface area contributed by atoms with Gasteiger partial charge in [-0.2, -0.15) is 0 Å². The van der Waals surface area contributed by atoms with Gasteiger partial charge in [-0.15, -0.1) is 0 Å². The molecule has 0 aromatic heterocycles. The highest BCUT2D eigenvalue weighted by atomic mass is 32.2. The van der Waals surface area contributed by atoms with Crippen molar-refractivity contribution in [3.8, 4) is 11.5 Å². The van der Waals surface area contributed by atoms with Gasteiger partial charge >= 0.3 is 0 Å². The van der Waals surface area contributed by atoms with Crippen molar-refractivity contribution in [2.24, 2.45) is 0 Å². The number of ether oxygens (including phenoxy) is 2. The lowest BCUT2D eigenvalue weighted by molar-refractivity contribution is -0.140. The molecule has 0 aliphatic rings. The molecule has 0 aliphatic heterocycles. The van der Waals surface area contributed by atoms with E-state index >= 15 is 0 Å². The minimum absolute atomic E-state index is 0.00323. The van der Waals surface area contributed by atoms with Crippen LogP contribution >= 0.6 is 0 Å². The van der Waals surface area contributed by atoms with E-state index in [9.17, 15) is 18.0 Å². The first-order chi connectivity index (χ1) is 22.0. The van der Waals surface area contributed by atoms with Gasteiger partial charge in [-0.25, -0.2) is 8.42 Å². The van der Waals surface area contributed by atoms with Gasteiger partial charge in [0.2, 0.25) is 11.8 Å². The number of nitrogens with one attached hydrogen (secondary N) is 1. The van der Waals surface area contributed by atoms with E-state index in [1.54, 1.807) is 30.3 Å². The van der Waals surface area contributed by atoms with Crippen LogP contribution in [0, 0.1) is 6.92 Å². The lowest BCUT2D eigenvalue weighted by atomic mass is 10.0. The molecule has 1 N–H and O–H groups in total. The Hall–Kier alpha value is -4.83. The van der Waals surface area contributed by atoms with E-state index in [0.717, 1.165) is 21.0 Å². The number of carbonyl (C=O) groups is 2. The fourth-order valence-electron chi connectivity index (χ4n) is 5.13. The van der Waals surface area contributed by atoms with Crippen LogP contribution in [0.3, 0.4) is 0 Å². The zero-order chi connectivity index (χ0) is 33.3. The number of carbonyl (C=O) groups excluding carboxylic acids is 2. The molecule has 0 heterocycles. The van der Waals surface area contributed by atoms with Crippen molar-refractivity contribution >= 4 is 27.5 Å². The van der Waals surface area contributed by atoms with E-state index in [1.165, 1.54) is 37.3 Å². The molecule has 0 aliphatic carbocycles. The Kier molecular flexibility index (Phi) is 11.4. The van der Waals surface area contributed by atoms with Crippen LogP contribution in [0.2, 0.25) is 0 Å². The Morgan fingerprint density at radius 1 is 0.826 bits per heavy atom. The molecule has 0 unspecified atom stereocenters. The Morgan fingerprint density at radius 2 is 1.46 bits per heavy atom. The van der Waals surface area contributed by atoms with Crippen LogP contribution in [-0.4, -0.2) is 58.0 Å². The van der Waals surface area contributed by atoms with Gasteiger partial charge in [0.15, 0.2) is 0 Å². The third-order valence-corrected chi connectivity index (χ3v) is 9.34. The highest BCUT2D eigenvalue weighted by molar-refractivity contribution is 7.92. The maximum absolute atomic E-state index is 14.7. The number of hydrogen-bond donors (Lipinski definition) is 1. The Bertz CT molecular complexity index is 1730. The van der Waals surface area contributed by atoms with Crippen molar-refractivity contribution in [2.75, 3.05) is 25.1 Å². The molecule has 0 spiro atoms. The van der Waals surface area contributed by atoms with Crippen molar-refractivity contribution < 1.29 is 27.5 Å². The summed E-state index contributed by atoms with van der Waals surface area (Å²) < 4.78 is 40.6. The summed E-state index contributed by atoms with van der Waals surface area (Å²) >= 11 is 0. The second-order valence-corrected chi connectivity index (χ2v) is 13.0. The molecule has 10 heteroatoms. The van der Waals surface area contributed by atoms with E-state index in [2.05, 4.69) is 5.32 Å². The van der Waals surface area contributed by atoms with E-state index in [0.29, 0.717) is 5.75 Å². The summed E-state index contributed by atoms with van der Waals surface area (Å²) in [5, 5.41) is 2.97. The summed E-state index contributed by atoms with van der Waals surface area (Å²) in [6, 6.07) is 28.6. The van der Waals surface area contributed by atoms with Crippen molar-refractivity contribution in [2.45, 2.75) is 50.7 Å². The second kappa shape index (κ2) is 15.4. The van der Waals surface area contributed by atoms with Gasteiger partial charge in [0.05, 0.1) is 24.8 Å². The molecule has 4 aromatic rings. The SMILES string of the molecule is COc1ccc(OC)c(N(CC(=O)N(Cc2ccccc2C)[C@@H](Cc2ccccc2)C(=O)NC(C)C)S(=O)(=O)c2ccccc2)c1. The van der Waals surface area contributed by atoms with E-state index in [-0.39, 0.29) is 41.2 Å². The molecule has 46 heavy (non-hydrogen) atoms. The number of rotatable bonds is 14. The molecule has 0 fully saturated rings. The summed E-state index contributed by atoms with van der Waals surface area (Å²) in [6.07, 6.45) is 0.227. The van der Waals surface area contributed by atoms with Crippen LogP contribution in [0.15, 0.2) is 108 Å². The quantitative estimate of drug-likeness (QED) is 0.198. The normalized spacial score (nSPS) is 11.9. The van der Waals surface area contributed by atoms with Crippen LogP contribution in [0.4, 0.5) is 5.69 Å². The van der Waals surface area contributed by atoms with Gasteiger partial charge in [0.1, 0.15) is 24.1 Å². The third kappa shape index (κ3) is 8.25. The lowest BCUT2D eigenvalue weighted by Gasteiger charge is -2.34. The molecular formula is C36H41N3O6S. The largest absolute Gasteiger partial charge is 0.497 e. The standard InChI is InChI=1S/C36H41N3O6S/c1-26(2)37-36(41)33(22-28-15-8-6-9-16-28)38(24-29-17-13-12-14-27(29)3)35(40)25-39(46(42,43)31-18-10-7-11-19-31)32-23-30(44-4)20-21-34(32)45-5/h6-21,23,26,33H,22,24-25H2,1-5H3,(H,37,41)/t33-/m0/s1. The second-order valence-electron chi connectivity index (χ2n) is 11.2. The predicted molar refractivity (Wildman–Crippen MR) is 179 cm³/mol. The predicted octanol–water partition coefficient (Wildman–Crippen LogP) is 5.37.